The molecule has 236 valence electrons. The van der Waals surface area contributed by atoms with Gasteiger partial charge in [-0.15, -0.1) is 0 Å². The molecule has 0 aliphatic carbocycles. The van der Waals surface area contributed by atoms with Gasteiger partial charge in [-0.3, -0.25) is 9.56 Å². The van der Waals surface area contributed by atoms with Gasteiger partial charge in [-0.1, -0.05) is 37.1 Å². The second kappa shape index (κ2) is 15.9. The molecule has 2 unspecified atom stereocenters. The zero-order valence-corrected chi connectivity index (χ0v) is 26.6. The van der Waals surface area contributed by atoms with Crippen molar-refractivity contribution in [3.63, 3.8) is 0 Å². The molecule has 0 saturated carbocycles. The number of aromatic amines is 1. The van der Waals surface area contributed by atoms with Crippen LogP contribution >= 0.6 is 11.6 Å². The highest BCUT2D eigenvalue weighted by Gasteiger charge is 2.16. The smallest absolute Gasteiger partial charge is 0.354 e. The maximum Gasteiger partial charge on any atom is 0.354 e. The Morgan fingerprint density at radius 3 is 2.66 bits per heavy atom. The van der Waals surface area contributed by atoms with Gasteiger partial charge >= 0.3 is 5.69 Å². The molecule has 0 aliphatic rings. The van der Waals surface area contributed by atoms with Crippen LogP contribution in [0, 0.1) is 5.82 Å². The number of nitrogens with zero attached hydrogens (tertiary/aromatic N) is 3. The van der Waals surface area contributed by atoms with E-state index in [-0.39, 0.29) is 17.1 Å². The number of hydrogen-bond acceptors (Lipinski definition) is 6. The van der Waals surface area contributed by atoms with Crippen molar-refractivity contribution < 1.29 is 4.39 Å². The first-order valence-corrected chi connectivity index (χ1v) is 15.7. The van der Waals surface area contributed by atoms with Crippen LogP contribution in [0.3, 0.4) is 0 Å². The molecule has 4 aromatic rings. The van der Waals surface area contributed by atoms with E-state index in [1.54, 1.807) is 24.4 Å². The fourth-order valence-electron chi connectivity index (χ4n) is 5.30. The van der Waals surface area contributed by atoms with Crippen molar-refractivity contribution in [2.45, 2.75) is 64.5 Å². The Kier molecular flexibility index (Phi) is 12.1. The molecular formula is C33H44ClFN8O. The van der Waals surface area contributed by atoms with E-state index in [1.165, 1.54) is 4.57 Å². The van der Waals surface area contributed by atoms with Crippen LogP contribution in [0.5, 0.6) is 0 Å². The fourth-order valence-corrected chi connectivity index (χ4v) is 5.54. The van der Waals surface area contributed by atoms with Crippen LogP contribution in [0.25, 0.3) is 28.0 Å². The number of aryl methyl sites for hydroxylation is 1. The van der Waals surface area contributed by atoms with Crippen molar-refractivity contribution in [1.82, 2.24) is 25.2 Å². The summed E-state index contributed by atoms with van der Waals surface area (Å²) >= 11 is 6.26. The van der Waals surface area contributed by atoms with Gasteiger partial charge in [-0.2, -0.15) is 4.98 Å². The van der Waals surface area contributed by atoms with Crippen molar-refractivity contribution in [3.8, 4) is 16.9 Å². The maximum absolute atomic E-state index is 15.1. The third kappa shape index (κ3) is 8.75. The summed E-state index contributed by atoms with van der Waals surface area (Å²) < 4.78 is 16.6. The Bertz CT molecular complexity index is 1610. The second-order valence-electron chi connectivity index (χ2n) is 11.3. The number of aliphatic imine (C=N–C) groups is 1. The van der Waals surface area contributed by atoms with Crippen molar-refractivity contribution in [2.24, 2.45) is 16.5 Å². The predicted molar refractivity (Wildman–Crippen MR) is 179 cm³/mol. The van der Waals surface area contributed by atoms with Gasteiger partial charge < -0.3 is 27.1 Å². The summed E-state index contributed by atoms with van der Waals surface area (Å²) in [5.74, 6) is 0.0994. The van der Waals surface area contributed by atoms with Crippen LogP contribution in [0.2, 0.25) is 5.02 Å². The summed E-state index contributed by atoms with van der Waals surface area (Å²) in [7, 11) is 1.85. The van der Waals surface area contributed by atoms with E-state index in [1.807, 2.05) is 38.2 Å². The Labute approximate surface area is 263 Å². The van der Waals surface area contributed by atoms with E-state index >= 15 is 4.39 Å². The Hall–Kier alpha value is -3.57. The molecule has 7 N–H and O–H groups in total. The van der Waals surface area contributed by atoms with Crippen LogP contribution in [0.1, 0.15) is 63.1 Å². The Balaban J connectivity index is 1.51. The molecule has 0 amide bonds. The fraction of sp³-hybridized carbons (Fsp3) is 0.424. The molecular weight excluding hydrogens is 579 g/mol. The van der Waals surface area contributed by atoms with Crippen molar-refractivity contribution in [1.29, 1.82) is 0 Å². The molecule has 2 heterocycles. The lowest BCUT2D eigenvalue weighted by Crippen LogP contribution is -2.27. The van der Waals surface area contributed by atoms with Gasteiger partial charge in [0.05, 0.1) is 22.9 Å². The number of nitrogens with one attached hydrogen (secondary N) is 3. The van der Waals surface area contributed by atoms with Gasteiger partial charge in [-0.25, -0.2) is 9.18 Å². The molecule has 0 radical (unpaired) electrons. The molecule has 0 saturated heterocycles. The lowest BCUT2D eigenvalue weighted by Gasteiger charge is -2.19. The van der Waals surface area contributed by atoms with Crippen molar-refractivity contribution in [3.05, 3.63) is 81.1 Å². The first-order chi connectivity index (χ1) is 21.2. The lowest BCUT2D eigenvalue weighted by molar-refractivity contribution is 0.489. The summed E-state index contributed by atoms with van der Waals surface area (Å²) in [5.41, 5.74) is 15.3. The van der Waals surface area contributed by atoms with E-state index in [2.05, 4.69) is 32.5 Å². The number of rotatable bonds is 16. The molecule has 44 heavy (non-hydrogen) atoms. The van der Waals surface area contributed by atoms with E-state index in [0.717, 1.165) is 56.2 Å². The zero-order chi connectivity index (χ0) is 31.6. The van der Waals surface area contributed by atoms with E-state index in [4.69, 9.17) is 23.1 Å². The van der Waals surface area contributed by atoms with Crippen molar-refractivity contribution in [2.75, 3.05) is 26.7 Å². The number of aromatic nitrogens is 3. The quantitative estimate of drug-likeness (QED) is 0.0658. The average Bonchev–Trinajstić information content (AvgIpc) is 3.40. The number of halogens is 2. The van der Waals surface area contributed by atoms with E-state index < -0.39 is 11.5 Å². The minimum Gasteiger partial charge on any atom is -0.386 e. The molecule has 2 atom stereocenters. The van der Waals surface area contributed by atoms with Gasteiger partial charge in [0, 0.05) is 35.8 Å². The van der Waals surface area contributed by atoms with Gasteiger partial charge in [0.1, 0.15) is 11.5 Å². The summed E-state index contributed by atoms with van der Waals surface area (Å²) in [5, 5.41) is 7.37. The third-order valence-corrected chi connectivity index (χ3v) is 7.84. The molecule has 11 heteroatoms. The number of benzene rings is 2. The van der Waals surface area contributed by atoms with Crippen LogP contribution in [-0.2, 0) is 6.42 Å². The largest absolute Gasteiger partial charge is 0.386 e. The summed E-state index contributed by atoms with van der Waals surface area (Å²) in [6.07, 6.45) is 7.12. The van der Waals surface area contributed by atoms with Gasteiger partial charge in [-0.05, 0) is 94.1 Å². The summed E-state index contributed by atoms with van der Waals surface area (Å²) in [6.45, 7) is 6.22. The molecule has 0 aliphatic heterocycles. The standard InChI is InChI=1S/C33H44ClFN8O/c1-4-7-28(39-14-6-15-40-30(37)19-38-3)23-10-12-25(13-11-23)43-20-24-18-29(41-32(24)42-33(43)44)26-16-22(9-5-8-21(2)36)17-27(34)31(26)35/h10-13,16-18,20-21,28,38-39H,4-9,14-15,19,36H2,1-3H3,(H2,37,40)(H,41,42,44). The monoisotopic (exact) mass is 622 g/mol. The molecule has 4 rings (SSSR count). The number of nitrogens with two attached hydrogens (primary N) is 2. The average molecular weight is 623 g/mol. The maximum atomic E-state index is 15.1. The number of fused-ring (bicyclic) bond motifs is 1. The summed E-state index contributed by atoms with van der Waals surface area (Å²) in [4.78, 5) is 24.8. The Morgan fingerprint density at radius 2 is 1.95 bits per heavy atom. The Morgan fingerprint density at radius 1 is 1.18 bits per heavy atom. The molecule has 2 aromatic carbocycles. The van der Waals surface area contributed by atoms with Crippen LogP contribution < -0.4 is 27.8 Å². The number of likely N-dealkylation sites (N-methyl/N-ethyl adjacent to an activating group) is 1. The number of amidine groups is 1. The van der Waals surface area contributed by atoms with Crippen LogP contribution in [0.15, 0.2) is 58.4 Å². The minimum absolute atomic E-state index is 0.0585. The molecule has 0 fully saturated rings. The normalized spacial score (nSPS) is 13.5. The highest BCUT2D eigenvalue weighted by Crippen LogP contribution is 2.31. The summed E-state index contributed by atoms with van der Waals surface area (Å²) in [6, 6.07) is 13.5. The van der Waals surface area contributed by atoms with Crippen molar-refractivity contribution >= 4 is 28.5 Å². The number of hydrogen-bond donors (Lipinski definition) is 5. The van der Waals surface area contributed by atoms with E-state index in [9.17, 15) is 4.79 Å². The molecule has 2 aromatic heterocycles. The van der Waals surface area contributed by atoms with E-state index in [0.29, 0.717) is 46.9 Å². The topological polar surface area (TPSA) is 139 Å². The predicted octanol–water partition coefficient (Wildman–Crippen LogP) is 5.24. The molecule has 9 nitrogen and oxygen atoms in total. The second-order valence-corrected chi connectivity index (χ2v) is 11.7. The highest BCUT2D eigenvalue weighted by atomic mass is 35.5. The van der Waals surface area contributed by atoms with Crippen LogP contribution in [0.4, 0.5) is 4.39 Å². The first kappa shape index (κ1) is 33.3. The molecule has 0 spiro atoms. The van der Waals surface area contributed by atoms with Gasteiger partial charge in [0.15, 0.2) is 5.82 Å². The molecule has 0 bridgehead atoms. The minimum atomic E-state index is -0.513. The lowest BCUT2D eigenvalue weighted by atomic mass is 10.0. The first-order valence-electron chi connectivity index (χ1n) is 15.3. The third-order valence-electron chi connectivity index (χ3n) is 7.56. The van der Waals surface area contributed by atoms with Gasteiger partial charge in [0.2, 0.25) is 0 Å². The van der Waals surface area contributed by atoms with Gasteiger partial charge in [0.25, 0.3) is 0 Å². The highest BCUT2D eigenvalue weighted by molar-refractivity contribution is 6.31. The SMILES string of the molecule is CCCC(NCCCN=C(N)CNC)c1ccc(-n2cc3cc(-c4cc(CCCC(C)N)cc(Cl)c4F)[nH]c3nc2=O)cc1. The number of H-pyrrole nitrogens is 1. The zero-order valence-electron chi connectivity index (χ0n) is 25.8. The van der Waals surface area contributed by atoms with Crippen LogP contribution in [-0.4, -0.2) is 53.1 Å².